The van der Waals surface area contributed by atoms with Crippen molar-refractivity contribution in [3.05, 3.63) is 106 Å². The summed E-state index contributed by atoms with van der Waals surface area (Å²) < 4.78 is 3.29. The van der Waals surface area contributed by atoms with Crippen molar-refractivity contribution in [1.29, 1.82) is 0 Å². The first-order valence-corrected chi connectivity index (χ1v) is 11.0. The van der Waals surface area contributed by atoms with Crippen LogP contribution in [-0.4, -0.2) is 10.5 Å². The highest BCUT2D eigenvalue weighted by molar-refractivity contribution is 9.10. The van der Waals surface area contributed by atoms with Crippen molar-refractivity contribution in [3.8, 4) is 11.1 Å². The number of carbonyl (C=O) groups excluding carboxylic acids is 1. The van der Waals surface area contributed by atoms with Gasteiger partial charge >= 0.3 is 0 Å². The van der Waals surface area contributed by atoms with Crippen LogP contribution in [0.2, 0.25) is 5.02 Å². The molecule has 0 saturated heterocycles. The lowest BCUT2D eigenvalue weighted by molar-refractivity contribution is 0.100. The molecule has 0 aliphatic rings. The van der Waals surface area contributed by atoms with Gasteiger partial charge in [-0.05, 0) is 53.1 Å². The van der Waals surface area contributed by atoms with Crippen molar-refractivity contribution >= 4 is 55.2 Å². The first kappa shape index (κ1) is 19.9. The zero-order valence-corrected chi connectivity index (χ0v) is 18.8. The highest BCUT2D eigenvalue weighted by Gasteiger charge is 2.17. The smallest absolute Gasteiger partial charge is 0.249 e. The van der Waals surface area contributed by atoms with E-state index >= 15 is 0 Å². The van der Waals surface area contributed by atoms with E-state index in [4.69, 9.17) is 17.3 Å². The Morgan fingerprint density at radius 3 is 2.35 bits per heavy atom. The highest BCUT2D eigenvalue weighted by atomic mass is 79.9. The monoisotopic (exact) mass is 488 g/mol. The molecular formula is C26H18BrClN2O. The summed E-state index contributed by atoms with van der Waals surface area (Å²) in [5.74, 6) is -0.424. The van der Waals surface area contributed by atoms with Crippen LogP contribution in [0.25, 0.3) is 32.9 Å². The van der Waals surface area contributed by atoms with Crippen LogP contribution < -0.4 is 5.73 Å². The van der Waals surface area contributed by atoms with Crippen LogP contribution >= 0.6 is 27.5 Å². The van der Waals surface area contributed by atoms with Crippen molar-refractivity contribution in [3.63, 3.8) is 0 Å². The fraction of sp³-hybridized carbons (Fsp3) is 0.0385. The van der Waals surface area contributed by atoms with E-state index in [0.29, 0.717) is 17.1 Å². The third-order valence-corrected chi connectivity index (χ3v) is 6.65. The molecule has 4 aromatic carbocycles. The Morgan fingerprint density at radius 1 is 0.871 bits per heavy atom. The van der Waals surface area contributed by atoms with Gasteiger partial charge in [-0.3, -0.25) is 4.79 Å². The second kappa shape index (κ2) is 7.88. The first-order chi connectivity index (χ1) is 15.0. The summed E-state index contributed by atoms with van der Waals surface area (Å²) in [7, 11) is 0. The van der Waals surface area contributed by atoms with Crippen LogP contribution in [0.5, 0.6) is 0 Å². The molecule has 5 rings (SSSR count). The third kappa shape index (κ3) is 3.52. The van der Waals surface area contributed by atoms with Crippen LogP contribution in [-0.2, 0) is 6.54 Å². The van der Waals surface area contributed by atoms with E-state index < -0.39 is 5.91 Å². The Hall–Kier alpha value is -3.08. The van der Waals surface area contributed by atoms with Crippen molar-refractivity contribution in [2.24, 2.45) is 5.73 Å². The normalized spacial score (nSPS) is 11.3. The topological polar surface area (TPSA) is 48.0 Å². The number of hydrogen-bond acceptors (Lipinski definition) is 1. The van der Waals surface area contributed by atoms with Gasteiger partial charge in [-0.25, -0.2) is 0 Å². The maximum absolute atomic E-state index is 12.2. The van der Waals surface area contributed by atoms with Gasteiger partial charge in [-0.2, -0.15) is 0 Å². The lowest BCUT2D eigenvalue weighted by Crippen LogP contribution is -2.11. The maximum Gasteiger partial charge on any atom is 0.249 e. The quantitative estimate of drug-likeness (QED) is 0.289. The number of nitrogens with two attached hydrogens (primary N) is 1. The van der Waals surface area contributed by atoms with E-state index in [2.05, 4.69) is 44.8 Å². The number of aromatic nitrogens is 1. The number of halogens is 2. The number of amides is 1. The van der Waals surface area contributed by atoms with Gasteiger partial charge in [-0.1, -0.05) is 76.1 Å². The minimum Gasteiger partial charge on any atom is -0.366 e. The summed E-state index contributed by atoms with van der Waals surface area (Å²) in [6.45, 7) is 0.660. The summed E-state index contributed by atoms with van der Waals surface area (Å²) >= 11 is 9.74. The van der Waals surface area contributed by atoms with E-state index in [1.54, 1.807) is 6.07 Å². The van der Waals surface area contributed by atoms with Crippen molar-refractivity contribution in [2.75, 3.05) is 0 Å². The SMILES string of the molecule is NC(=O)c1cccc2c1c1ccc(-c3ccc(Cl)cc3)cc1n2Cc1ccccc1Br. The number of carbonyl (C=O) groups is 1. The van der Waals surface area contributed by atoms with Crippen LogP contribution in [0.3, 0.4) is 0 Å². The summed E-state index contributed by atoms with van der Waals surface area (Å²) in [6.07, 6.45) is 0. The number of primary amides is 1. The number of benzene rings is 4. The summed E-state index contributed by atoms with van der Waals surface area (Å²) in [4.78, 5) is 12.2. The van der Waals surface area contributed by atoms with Gasteiger partial charge in [0, 0.05) is 32.4 Å². The molecule has 0 fully saturated rings. The zero-order chi connectivity index (χ0) is 21.5. The average molecular weight is 490 g/mol. The van der Waals surface area contributed by atoms with E-state index in [0.717, 1.165) is 43.0 Å². The largest absolute Gasteiger partial charge is 0.366 e. The van der Waals surface area contributed by atoms with E-state index in [9.17, 15) is 4.79 Å². The van der Waals surface area contributed by atoms with Crippen LogP contribution in [0.1, 0.15) is 15.9 Å². The predicted octanol–water partition coefficient (Wildman–Crippen LogP) is 7.02. The molecule has 0 aliphatic heterocycles. The van der Waals surface area contributed by atoms with Crippen molar-refractivity contribution < 1.29 is 4.79 Å². The lowest BCUT2D eigenvalue weighted by Gasteiger charge is -2.11. The number of fused-ring (bicyclic) bond motifs is 3. The van der Waals surface area contributed by atoms with Gasteiger partial charge in [0.15, 0.2) is 0 Å². The fourth-order valence-electron chi connectivity index (χ4n) is 4.14. The molecule has 1 amide bonds. The molecule has 0 spiro atoms. The molecule has 152 valence electrons. The Kier molecular flexibility index (Phi) is 5.05. The lowest BCUT2D eigenvalue weighted by atomic mass is 10.0. The highest BCUT2D eigenvalue weighted by Crippen LogP contribution is 2.35. The zero-order valence-electron chi connectivity index (χ0n) is 16.5. The number of nitrogens with zero attached hydrogens (tertiary/aromatic N) is 1. The molecule has 0 atom stereocenters. The molecule has 3 nitrogen and oxygen atoms in total. The molecule has 31 heavy (non-hydrogen) atoms. The van der Waals surface area contributed by atoms with Gasteiger partial charge in [0.1, 0.15) is 0 Å². The van der Waals surface area contributed by atoms with Crippen LogP contribution in [0.4, 0.5) is 0 Å². The van der Waals surface area contributed by atoms with Crippen molar-refractivity contribution in [1.82, 2.24) is 4.57 Å². The molecule has 0 unspecified atom stereocenters. The molecule has 2 N–H and O–H groups in total. The van der Waals surface area contributed by atoms with Gasteiger partial charge < -0.3 is 10.3 Å². The van der Waals surface area contributed by atoms with E-state index in [1.165, 1.54) is 0 Å². The Bertz CT molecular complexity index is 1450. The minimum atomic E-state index is -0.424. The number of hydrogen-bond donors (Lipinski definition) is 1. The Morgan fingerprint density at radius 2 is 1.61 bits per heavy atom. The molecule has 5 aromatic rings. The molecule has 1 aromatic heterocycles. The average Bonchev–Trinajstić information content (AvgIpc) is 3.09. The molecule has 0 aliphatic carbocycles. The summed E-state index contributed by atoms with van der Waals surface area (Å²) in [5.41, 5.74) is 11.6. The van der Waals surface area contributed by atoms with E-state index in [-0.39, 0.29) is 0 Å². The van der Waals surface area contributed by atoms with Gasteiger partial charge in [-0.15, -0.1) is 0 Å². The summed E-state index contributed by atoms with van der Waals surface area (Å²) in [5, 5.41) is 2.60. The molecule has 1 heterocycles. The van der Waals surface area contributed by atoms with Crippen LogP contribution in [0, 0.1) is 0 Å². The molecular weight excluding hydrogens is 472 g/mol. The van der Waals surface area contributed by atoms with Gasteiger partial charge in [0.25, 0.3) is 0 Å². The molecule has 5 heteroatoms. The van der Waals surface area contributed by atoms with Gasteiger partial charge in [0.05, 0.1) is 11.0 Å². The maximum atomic E-state index is 12.2. The second-order valence-electron chi connectivity index (χ2n) is 7.48. The molecule has 0 radical (unpaired) electrons. The first-order valence-electron chi connectivity index (χ1n) is 9.87. The predicted molar refractivity (Wildman–Crippen MR) is 132 cm³/mol. The third-order valence-electron chi connectivity index (χ3n) is 5.62. The molecule has 0 saturated carbocycles. The molecule has 0 bridgehead atoms. The fourth-order valence-corrected chi connectivity index (χ4v) is 4.67. The second-order valence-corrected chi connectivity index (χ2v) is 8.77. The minimum absolute atomic E-state index is 0.424. The van der Waals surface area contributed by atoms with Crippen molar-refractivity contribution in [2.45, 2.75) is 6.54 Å². The Balaban J connectivity index is 1.81. The number of rotatable bonds is 4. The summed E-state index contributed by atoms with van der Waals surface area (Å²) in [6, 6.07) is 28.0. The standard InChI is InChI=1S/C26H18BrClN2O/c27-22-6-2-1-4-18(22)15-30-23-7-3-5-21(26(29)31)25(23)20-13-10-17(14-24(20)30)16-8-11-19(28)12-9-16/h1-14H,15H2,(H2,29,31). The van der Waals surface area contributed by atoms with E-state index in [1.807, 2.05) is 54.6 Å². The van der Waals surface area contributed by atoms with Gasteiger partial charge in [0.2, 0.25) is 5.91 Å². The Labute approximate surface area is 193 Å². The van der Waals surface area contributed by atoms with Crippen LogP contribution in [0.15, 0.2) is 89.4 Å².